The molecule has 0 aliphatic rings. The lowest BCUT2D eigenvalue weighted by molar-refractivity contribution is -0.142. The van der Waals surface area contributed by atoms with Gasteiger partial charge < -0.3 is 50.4 Å². The van der Waals surface area contributed by atoms with Crippen molar-refractivity contribution < 1.29 is 57.9 Å². The highest BCUT2D eigenvalue weighted by Crippen LogP contribution is 2.14. The van der Waals surface area contributed by atoms with E-state index in [1.54, 1.807) is 0 Å². The molecule has 314 valence electrons. The minimum atomic E-state index is -1.18. The molecule has 0 bridgehead atoms. The van der Waals surface area contributed by atoms with Crippen LogP contribution in [0.4, 0.5) is 0 Å². The molecule has 0 spiro atoms. The van der Waals surface area contributed by atoms with Crippen molar-refractivity contribution in [2.75, 3.05) is 65.9 Å². The maximum absolute atomic E-state index is 12.3. The number of amides is 4. The van der Waals surface area contributed by atoms with Crippen molar-refractivity contribution in [3.05, 3.63) is 0 Å². The number of aliphatic carboxylic acids is 2. The van der Waals surface area contributed by atoms with Crippen LogP contribution >= 0.6 is 0 Å². The molecular weight excluding hydrogens is 704 g/mol. The predicted octanol–water partition coefficient (Wildman–Crippen LogP) is 3.49. The summed E-state index contributed by atoms with van der Waals surface area (Å²) in [6, 6.07) is -1.07. The third-order valence-corrected chi connectivity index (χ3v) is 8.13. The zero-order valence-electron chi connectivity index (χ0n) is 32.9. The molecule has 0 aliphatic carbocycles. The van der Waals surface area contributed by atoms with Crippen molar-refractivity contribution in [2.45, 2.75) is 142 Å². The first-order valence-corrected chi connectivity index (χ1v) is 19.9. The van der Waals surface area contributed by atoms with Crippen LogP contribution < -0.4 is 21.3 Å². The van der Waals surface area contributed by atoms with Gasteiger partial charge in [0.2, 0.25) is 23.6 Å². The number of nitrogens with one attached hydrogen (secondary N) is 4. The first-order chi connectivity index (χ1) is 26.0. The molecule has 0 fully saturated rings. The van der Waals surface area contributed by atoms with Crippen molar-refractivity contribution in [1.29, 1.82) is 0 Å². The lowest BCUT2D eigenvalue weighted by Crippen LogP contribution is -2.41. The smallest absolute Gasteiger partial charge is 0.326 e. The number of carbonyl (C=O) groups is 6. The largest absolute Gasteiger partial charge is 0.481 e. The van der Waals surface area contributed by atoms with Gasteiger partial charge in [0.15, 0.2) is 0 Å². The van der Waals surface area contributed by atoms with E-state index >= 15 is 0 Å². The molecule has 0 saturated carbocycles. The van der Waals surface area contributed by atoms with Crippen molar-refractivity contribution in [1.82, 2.24) is 21.3 Å². The lowest BCUT2D eigenvalue weighted by Gasteiger charge is -2.14. The molecule has 16 heteroatoms. The predicted molar refractivity (Wildman–Crippen MR) is 203 cm³/mol. The Morgan fingerprint density at radius 2 is 0.889 bits per heavy atom. The maximum atomic E-state index is 12.3. The van der Waals surface area contributed by atoms with Crippen LogP contribution in [0.5, 0.6) is 0 Å². The van der Waals surface area contributed by atoms with Crippen LogP contribution in [0.2, 0.25) is 0 Å². The van der Waals surface area contributed by atoms with E-state index in [-0.39, 0.29) is 102 Å². The van der Waals surface area contributed by atoms with E-state index in [4.69, 9.17) is 24.1 Å². The number of carboxylic acids is 2. The normalized spacial score (nSPS) is 11.6. The van der Waals surface area contributed by atoms with Crippen molar-refractivity contribution in [3.63, 3.8) is 0 Å². The van der Waals surface area contributed by atoms with Gasteiger partial charge in [0.25, 0.3) is 0 Å². The molecule has 0 heterocycles. The molecule has 1 atom stereocenters. The lowest BCUT2D eigenvalue weighted by atomic mass is 10.0. The Kier molecular flexibility index (Phi) is 34.4. The molecule has 0 aliphatic heterocycles. The highest BCUT2D eigenvalue weighted by Gasteiger charge is 2.20. The minimum Gasteiger partial charge on any atom is -0.481 e. The van der Waals surface area contributed by atoms with E-state index in [0.717, 1.165) is 38.5 Å². The number of hydrogen-bond acceptors (Lipinski definition) is 10. The van der Waals surface area contributed by atoms with E-state index < -0.39 is 18.0 Å². The second-order valence-corrected chi connectivity index (χ2v) is 13.6. The fraction of sp³-hybridized carbons (Fsp3) is 0.842. The number of carbonyl (C=O) groups excluding carboxylic acids is 4. The number of carboxylic acid groups (broad SMARTS) is 2. The van der Waals surface area contributed by atoms with Crippen LogP contribution in [0.1, 0.15) is 129 Å². The van der Waals surface area contributed by atoms with Gasteiger partial charge in [0.1, 0.15) is 19.3 Å². The minimum absolute atomic E-state index is 0.0182. The Balaban J connectivity index is 3.66. The van der Waals surface area contributed by atoms with Crippen LogP contribution in [0.25, 0.3) is 0 Å². The van der Waals surface area contributed by atoms with E-state index in [0.29, 0.717) is 26.2 Å². The SMILES string of the molecule is CC(C)NC(=O)COCCOCCNC(=O)COCCOCCNC(=O)CCC(NC(=O)CCCCCCCCCCCCCCCCC(=O)O)C(=O)O. The number of unbranched alkanes of at least 4 members (excludes halogenated alkanes) is 13. The van der Waals surface area contributed by atoms with Gasteiger partial charge in [-0.3, -0.25) is 24.0 Å². The fourth-order valence-electron chi connectivity index (χ4n) is 5.28. The monoisotopic (exact) mass is 774 g/mol. The summed E-state index contributed by atoms with van der Waals surface area (Å²) in [6.45, 7) is 5.56. The Labute approximate surface area is 321 Å². The molecule has 4 amide bonds. The molecule has 6 N–H and O–H groups in total. The number of hydrogen-bond donors (Lipinski definition) is 6. The molecule has 0 rings (SSSR count). The van der Waals surface area contributed by atoms with Crippen LogP contribution in [-0.4, -0.2) is 124 Å². The van der Waals surface area contributed by atoms with Gasteiger partial charge in [0, 0.05) is 38.4 Å². The zero-order valence-corrected chi connectivity index (χ0v) is 32.9. The highest BCUT2D eigenvalue weighted by molar-refractivity contribution is 5.84. The second kappa shape index (κ2) is 36.6. The third-order valence-electron chi connectivity index (χ3n) is 8.13. The van der Waals surface area contributed by atoms with Gasteiger partial charge in [-0.25, -0.2) is 4.79 Å². The Hall–Kier alpha value is -3.34. The van der Waals surface area contributed by atoms with E-state index in [1.807, 2.05) is 13.8 Å². The molecule has 0 saturated heterocycles. The molecule has 16 nitrogen and oxygen atoms in total. The summed E-state index contributed by atoms with van der Waals surface area (Å²) in [5.41, 5.74) is 0. The first-order valence-electron chi connectivity index (χ1n) is 19.9. The summed E-state index contributed by atoms with van der Waals surface area (Å²) >= 11 is 0. The summed E-state index contributed by atoms with van der Waals surface area (Å²) in [7, 11) is 0. The Bertz CT molecular complexity index is 1010. The molecule has 1 unspecified atom stereocenters. The summed E-state index contributed by atoms with van der Waals surface area (Å²) in [5, 5.41) is 28.7. The molecular formula is C38H70N4O12. The van der Waals surface area contributed by atoms with Gasteiger partial charge in [-0.05, 0) is 33.1 Å². The van der Waals surface area contributed by atoms with E-state index in [2.05, 4.69) is 21.3 Å². The summed E-state index contributed by atoms with van der Waals surface area (Å²) in [6.07, 6.45) is 15.6. The average Bonchev–Trinajstić information content (AvgIpc) is 3.11. The van der Waals surface area contributed by atoms with Crippen molar-refractivity contribution in [2.24, 2.45) is 0 Å². The first kappa shape index (κ1) is 50.7. The van der Waals surface area contributed by atoms with E-state index in [1.165, 1.54) is 44.9 Å². The van der Waals surface area contributed by atoms with Crippen LogP contribution in [0.3, 0.4) is 0 Å². The van der Waals surface area contributed by atoms with Crippen molar-refractivity contribution in [3.8, 4) is 0 Å². The van der Waals surface area contributed by atoms with Gasteiger partial charge >= 0.3 is 11.9 Å². The van der Waals surface area contributed by atoms with Gasteiger partial charge in [-0.1, -0.05) is 77.0 Å². The number of ether oxygens (including phenoxy) is 4. The summed E-state index contributed by atoms with van der Waals surface area (Å²) in [5.74, 6) is -3.05. The molecule has 0 radical (unpaired) electrons. The van der Waals surface area contributed by atoms with Crippen molar-refractivity contribution >= 4 is 35.6 Å². The van der Waals surface area contributed by atoms with Gasteiger partial charge in [-0.2, -0.15) is 0 Å². The molecule has 54 heavy (non-hydrogen) atoms. The quantitative estimate of drug-likeness (QED) is 0.0494. The molecule has 0 aromatic heterocycles. The zero-order chi connectivity index (χ0) is 40.1. The fourth-order valence-corrected chi connectivity index (χ4v) is 5.28. The van der Waals surface area contributed by atoms with Crippen LogP contribution in [-0.2, 0) is 47.7 Å². The van der Waals surface area contributed by atoms with E-state index in [9.17, 15) is 33.9 Å². The molecule has 0 aromatic rings. The Morgan fingerprint density at radius 1 is 0.463 bits per heavy atom. The van der Waals surface area contributed by atoms with Gasteiger partial charge in [-0.15, -0.1) is 0 Å². The highest BCUT2D eigenvalue weighted by atomic mass is 16.5. The summed E-state index contributed by atoms with van der Waals surface area (Å²) in [4.78, 5) is 69.8. The standard InChI is InChI=1S/C38H70N4O12/c1-31(2)41-36(46)30-54-28-26-52-24-22-40-35(45)29-53-27-25-51-23-21-39-33(43)20-19-32(38(49)50)42-34(44)17-15-13-11-9-7-5-3-4-6-8-10-12-14-16-18-37(47)48/h31-32H,3-30H2,1-2H3,(H,39,43)(H,40,45)(H,41,46)(H,42,44)(H,47,48)(H,49,50). The van der Waals surface area contributed by atoms with Crippen LogP contribution in [0, 0.1) is 0 Å². The molecule has 0 aromatic carbocycles. The number of rotatable bonds is 39. The average molecular weight is 775 g/mol. The van der Waals surface area contributed by atoms with Crippen LogP contribution in [0.15, 0.2) is 0 Å². The van der Waals surface area contributed by atoms with Gasteiger partial charge in [0.05, 0.1) is 39.6 Å². The maximum Gasteiger partial charge on any atom is 0.326 e. The second-order valence-electron chi connectivity index (χ2n) is 13.6. The third kappa shape index (κ3) is 37.0. The Morgan fingerprint density at radius 3 is 1.35 bits per heavy atom. The summed E-state index contributed by atoms with van der Waals surface area (Å²) < 4.78 is 21.2. The topological polar surface area (TPSA) is 228 Å².